The number of rotatable bonds is 7. The maximum Gasteiger partial charge on any atom is 0.312 e. The predicted molar refractivity (Wildman–Crippen MR) is 107 cm³/mol. The molecule has 0 saturated carbocycles. The van der Waals surface area contributed by atoms with Gasteiger partial charge in [-0.3, -0.25) is 9.59 Å². The molecule has 0 saturated heterocycles. The van der Waals surface area contributed by atoms with Gasteiger partial charge in [-0.1, -0.05) is 41.5 Å². The first-order valence-electron chi connectivity index (χ1n) is 9.23. The number of carbonyl (C=O) groups excluding carboxylic acids is 3. The summed E-state index contributed by atoms with van der Waals surface area (Å²) in [5, 5.41) is 8.47. The van der Waals surface area contributed by atoms with E-state index in [0.29, 0.717) is 6.54 Å². The van der Waals surface area contributed by atoms with E-state index in [9.17, 15) is 14.4 Å². The van der Waals surface area contributed by atoms with Crippen LogP contribution >= 0.6 is 0 Å². The minimum absolute atomic E-state index is 0.0408. The van der Waals surface area contributed by atoms with Crippen LogP contribution in [0.1, 0.15) is 68.7 Å². The van der Waals surface area contributed by atoms with Gasteiger partial charge in [0, 0.05) is 17.5 Å². The highest BCUT2D eigenvalue weighted by atomic mass is 16.2. The molecule has 0 bridgehead atoms. The van der Waals surface area contributed by atoms with Crippen LogP contribution in [-0.4, -0.2) is 42.4 Å². The van der Waals surface area contributed by atoms with E-state index < -0.39 is 11.4 Å². The number of carbonyl (C=O) groups is 3. The summed E-state index contributed by atoms with van der Waals surface area (Å²) in [7, 11) is 0. The molecule has 1 unspecified atom stereocenters. The van der Waals surface area contributed by atoms with Crippen molar-refractivity contribution in [2.75, 3.05) is 13.1 Å². The van der Waals surface area contributed by atoms with Gasteiger partial charge in [0.1, 0.15) is 0 Å². The molecule has 0 aliphatic heterocycles. The fraction of sp³-hybridized carbons (Fsp3) is 0.842. The highest BCUT2D eigenvalue weighted by Crippen LogP contribution is 2.14. The Morgan fingerprint density at radius 2 is 1.46 bits per heavy atom. The summed E-state index contributed by atoms with van der Waals surface area (Å²) in [5.74, 6) is 0.102. The molecule has 0 aromatic rings. The SMILES string of the molecule is CC(C)C(NC(C)(C)C)C(=O)NCC(=O)C(C)(C)C.CCCNC(N)=O. The number of primary amides is 1. The lowest BCUT2D eigenvalue weighted by Crippen LogP contribution is -2.55. The van der Waals surface area contributed by atoms with Crippen molar-refractivity contribution in [1.29, 1.82) is 0 Å². The fourth-order valence-corrected chi connectivity index (χ4v) is 1.79. The van der Waals surface area contributed by atoms with Crippen molar-refractivity contribution in [3.05, 3.63) is 0 Å². The van der Waals surface area contributed by atoms with E-state index in [2.05, 4.69) is 16.0 Å². The molecule has 1 atom stereocenters. The van der Waals surface area contributed by atoms with Gasteiger partial charge >= 0.3 is 6.03 Å². The molecule has 26 heavy (non-hydrogen) atoms. The number of Topliss-reactive ketones (excluding diaryl/α,β-unsaturated/α-hetero) is 1. The summed E-state index contributed by atoms with van der Waals surface area (Å²) in [5.41, 5.74) is 4.17. The van der Waals surface area contributed by atoms with Crippen LogP contribution in [0.25, 0.3) is 0 Å². The van der Waals surface area contributed by atoms with Gasteiger partial charge in [-0.25, -0.2) is 4.79 Å². The number of nitrogens with one attached hydrogen (secondary N) is 3. The van der Waals surface area contributed by atoms with Crippen molar-refractivity contribution >= 4 is 17.7 Å². The Labute approximate surface area is 159 Å². The van der Waals surface area contributed by atoms with Crippen molar-refractivity contribution in [1.82, 2.24) is 16.0 Å². The summed E-state index contributed by atoms with van der Waals surface area (Å²) in [6, 6.07) is -0.727. The molecule has 7 heteroatoms. The quantitative estimate of drug-likeness (QED) is 0.548. The Kier molecular flexibility index (Phi) is 12.2. The van der Waals surface area contributed by atoms with Crippen LogP contribution in [-0.2, 0) is 9.59 Å². The van der Waals surface area contributed by atoms with Crippen molar-refractivity contribution < 1.29 is 14.4 Å². The van der Waals surface area contributed by atoms with E-state index in [1.807, 2.05) is 62.3 Å². The lowest BCUT2D eigenvalue weighted by atomic mass is 9.90. The second-order valence-electron chi connectivity index (χ2n) is 8.80. The smallest absolute Gasteiger partial charge is 0.312 e. The van der Waals surface area contributed by atoms with Crippen LogP contribution in [0.4, 0.5) is 4.79 Å². The summed E-state index contributed by atoms with van der Waals surface area (Å²) < 4.78 is 0. The largest absolute Gasteiger partial charge is 0.352 e. The Balaban J connectivity index is 0. The molecule has 0 aliphatic carbocycles. The van der Waals surface area contributed by atoms with E-state index in [0.717, 1.165) is 6.42 Å². The Bertz CT molecular complexity index is 449. The van der Waals surface area contributed by atoms with Crippen molar-refractivity contribution in [2.45, 2.75) is 80.3 Å². The van der Waals surface area contributed by atoms with Gasteiger partial charge in [-0.05, 0) is 33.1 Å². The highest BCUT2D eigenvalue weighted by molar-refractivity contribution is 5.91. The average Bonchev–Trinajstić information content (AvgIpc) is 2.46. The van der Waals surface area contributed by atoms with Gasteiger partial charge in [0.05, 0.1) is 12.6 Å². The predicted octanol–water partition coefficient (Wildman–Crippen LogP) is 2.20. The Morgan fingerprint density at radius 3 is 1.73 bits per heavy atom. The summed E-state index contributed by atoms with van der Waals surface area (Å²) in [4.78, 5) is 33.8. The molecule has 0 heterocycles. The molecule has 0 rings (SSSR count). The van der Waals surface area contributed by atoms with E-state index in [1.54, 1.807) is 0 Å². The maximum absolute atomic E-state index is 12.2. The minimum Gasteiger partial charge on any atom is -0.352 e. The first-order valence-corrected chi connectivity index (χ1v) is 9.23. The zero-order valence-corrected chi connectivity index (χ0v) is 18.1. The van der Waals surface area contributed by atoms with Crippen LogP contribution < -0.4 is 21.7 Å². The molecule has 0 radical (unpaired) electrons. The summed E-state index contributed by atoms with van der Waals surface area (Å²) in [6.07, 6.45) is 0.933. The first-order chi connectivity index (χ1) is 11.6. The average molecular weight is 373 g/mol. The standard InChI is InChI=1S/C15H30N2O2.C4H10N2O/c1-10(2)12(17-15(6,7)8)13(19)16-9-11(18)14(3,4)5;1-2-3-6-4(5)7/h10,12,17H,9H2,1-8H3,(H,16,19);2-3H2,1H3,(H3,5,6,7). The molecular formula is C19H40N4O3. The third kappa shape index (κ3) is 14.7. The number of hydrogen-bond acceptors (Lipinski definition) is 4. The van der Waals surface area contributed by atoms with Gasteiger partial charge in [0.15, 0.2) is 5.78 Å². The third-order valence-corrected chi connectivity index (χ3v) is 3.35. The van der Waals surface area contributed by atoms with E-state index in [4.69, 9.17) is 5.73 Å². The molecular weight excluding hydrogens is 332 g/mol. The second kappa shape index (κ2) is 11.9. The van der Waals surface area contributed by atoms with Gasteiger partial charge in [-0.2, -0.15) is 0 Å². The molecule has 3 amide bonds. The van der Waals surface area contributed by atoms with Crippen LogP contribution in [0.15, 0.2) is 0 Å². The normalized spacial score (nSPS) is 12.7. The maximum atomic E-state index is 12.2. The van der Waals surface area contributed by atoms with Crippen LogP contribution in [0.5, 0.6) is 0 Å². The molecule has 0 fully saturated rings. The number of amides is 3. The van der Waals surface area contributed by atoms with Crippen molar-refractivity contribution in [2.24, 2.45) is 17.1 Å². The minimum atomic E-state index is -0.443. The summed E-state index contributed by atoms with van der Waals surface area (Å²) >= 11 is 0. The van der Waals surface area contributed by atoms with Gasteiger partial charge in [0.25, 0.3) is 0 Å². The molecule has 0 aromatic heterocycles. The van der Waals surface area contributed by atoms with E-state index in [1.165, 1.54) is 0 Å². The third-order valence-electron chi connectivity index (χ3n) is 3.35. The fourth-order valence-electron chi connectivity index (χ4n) is 1.79. The van der Waals surface area contributed by atoms with Crippen LogP contribution in [0.3, 0.4) is 0 Å². The molecule has 0 spiro atoms. The van der Waals surface area contributed by atoms with Crippen LogP contribution in [0, 0.1) is 11.3 Å². The Hall–Kier alpha value is -1.63. The van der Waals surface area contributed by atoms with Gasteiger partial charge in [-0.15, -0.1) is 0 Å². The van der Waals surface area contributed by atoms with Crippen molar-refractivity contribution in [3.8, 4) is 0 Å². The summed E-state index contributed by atoms with van der Waals surface area (Å²) in [6.45, 7) is 18.4. The topological polar surface area (TPSA) is 113 Å². The number of ketones is 1. The van der Waals surface area contributed by atoms with Gasteiger partial charge in [0.2, 0.25) is 5.91 Å². The first kappa shape index (κ1) is 26.6. The zero-order chi connectivity index (χ0) is 21.1. The number of urea groups is 1. The highest BCUT2D eigenvalue weighted by Gasteiger charge is 2.28. The van der Waals surface area contributed by atoms with Crippen molar-refractivity contribution in [3.63, 3.8) is 0 Å². The number of hydrogen-bond donors (Lipinski definition) is 4. The Morgan fingerprint density at radius 1 is 0.962 bits per heavy atom. The monoisotopic (exact) mass is 372 g/mol. The molecule has 7 nitrogen and oxygen atoms in total. The molecule has 5 N–H and O–H groups in total. The van der Waals surface area contributed by atoms with E-state index in [-0.39, 0.29) is 35.7 Å². The lowest BCUT2D eigenvalue weighted by molar-refractivity contribution is -0.130. The zero-order valence-electron chi connectivity index (χ0n) is 18.1. The van der Waals surface area contributed by atoms with Crippen LogP contribution in [0.2, 0.25) is 0 Å². The van der Waals surface area contributed by atoms with E-state index >= 15 is 0 Å². The molecule has 0 aromatic carbocycles. The molecule has 154 valence electrons. The van der Waals surface area contributed by atoms with Gasteiger partial charge < -0.3 is 21.7 Å². The number of nitrogens with two attached hydrogens (primary N) is 1. The lowest BCUT2D eigenvalue weighted by Gasteiger charge is -2.30. The second-order valence-corrected chi connectivity index (χ2v) is 8.80. The molecule has 0 aliphatic rings.